The smallest absolute Gasteiger partial charge is 0.149 e. The molecule has 0 amide bonds. The third kappa shape index (κ3) is 6.90. The highest BCUT2D eigenvalue weighted by Crippen LogP contribution is 2.17. The van der Waals surface area contributed by atoms with E-state index >= 15 is 0 Å². The lowest BCUT2D eigenvalue weighted by molar-refractivity contribution is 0.665. The number of hydrogen-bond donors (Lipinski definition) is 0. The fraction of sp³-hybridized carbons (Fsp3) is 0.176. The molecule has 0 radical (unpaired) electrons. The van der Waals surface area contributed by atoms with Gasteiger partial charge in [0.1, 0.15) is 8.80 Å². The zero-order chi connectivity index (χ0) is 25.1. The van der Waals surface area contributed by atoms with Gasteiger partial charge in [-0.1, -0.05) is 122 Å². The summed E-state index contributed by atoms with van der Waals surface area (Å²) in [5, 5.41) is 2.48. The highest BCUT2D eigenvalue weighted by atomic mass is 28.3. The Labute approximate surface area is 222 Å². The van der Waals surface area contributed by atoms with Crippen molar-refractivity contribution < 1.29 is 0 Å². The third-order valence-electron chi connectivity index (χ3n) is 6.95. The largest absolute Gasteiger partial charge is 0.257 e. The number of unbranched alkanes of at least 4 members (excludes halogenated alkanes) is 3. The Morgan fingerprint density at radius 2 is 0.919 bits per heavy atom. The van der Waals surface area contributed by atoms with Crippen LogP contribution in [0.15, 0.2) is 127 Å². The van der Waals surface area contributed by atoms with E-state index in [0.29, 0.717) is 0 Å². The summed E-state index contributed by atoms with van der Waals surface area (Å²) >= 11 is 0. The number of aryl methyl sites for hydroxylation is 1. The molecule has 0 aliphatic heterocycles. The molecule has 0 atom stereocenters. The van der Waals surface area contributed by atoms with Crippen LogP contribution in [0, 0.1) is 0 Å². The Balaban J connectivity index is 1.34. The van der Waals surface area contributed by atoms with E-state index in [9.17, 15) is 0 Å². The van der Waals surface area contributed by atoms with Crippen molar-refractivity contribution in [2.45, 2.75) is 38.1 Å². The van der Waals surface area contributed by atoms with Gasteiger partial charge in [0.2, 0.25) is 0 Å². The van der Waals surface area contributed by atoms with Gasteiger partial charge in [-0.3, -0.25) is 9.97 Å². The fourth-order valence-corrected chi connectivity index (χ4v) is 7.82. The molecule has 0 fully saturated rings. The number of hydrogen-bond acceptors (Lipinski definition) is 2. The van der Waals surface area contributed by atoms with E-state index in [1.807, 2.05) is 0 Å². The predicted molar refractivity (Wildman–Crippen MR) is 159 cm³/mol. The van der Waals surface area contributed by atoms with Crippen molar-refractivity contribution in [3.63, 3.8) is 0 Å². The minimum absolute atomic E-state index is 1.05. The summed E-state index contributed by atoms with van der Waals surface area (Å²) in [6.45, 7) is 0. The molecule has 2 nitrogen and oxygen atoms in total. The van der Waals surface area contributed by atoms with Gasteiger partial charge in [-0.05, 0) is 48.7 Å². The predicted octanol–water partition coefficient (Wildman–Crippen LogP) is 6.96. The van der Waals surface area contributed by atoms with E-state index in [2.05, 4.69) is 127 Å². The molecule has 3 aromatic carbocycles. The van der Waals surface area contributed by atoms with Crippen molar-refractivity contribution in [1.82, 2.24) is 9.97 Å². The standard InChI is InChI=1S/C34H34N2Si/c1(6-16-28-17-7-3-8-18-28)2-13-27-37(33-25-14-23-31(35-33)29-19-9-4-10-20-29)34-26-15-24-32(36-34)30-21-11-5-12-22-30/h3-5,7-12,14-15,17-26,37H,1-2,6,13,16,27H2. The van der Waals surface area contributed by atoms with Crippen LogP contribution in [0.3, 0.4) is 0 Å². The Kier molecular flexibility index (Phi) is 8.69. The molecule has 0 aliphatic rings. The van der Waals surface area contributed by atoms with E-state index < -0.39 is 8.80 Å². The molecule has 0 N–H and O–H groups in total. The lowest BCUT2D eigenvalue weighted by atomic mass is 10.1. The van der Waals surface area contributed by atoms with Gasteiger partial charge in [-0.25, -0.2) is 0 Å². The minimum Gasteiger partial charge on any atom is -0.257 e. The Morgan fingerprint density at radius 1 is 0.432 bits per heavy atom. The Bertz CT molecular complexity index is 1290. The molecule has 2 aromatic heterocycles. The van der Waals surface area contributed by atoms with E-state index in [-0.39, 0.29) is 0 Å². The number of aromatic nitrogens is 2. The van der Waals surface area contributed by atoms with Gasteiger partial charge in [-0.15, -0.1) is 0 Å². The molecular weight excluding hydrogens is 464 g/mol. The molecule has 0 bridgehead atoms. The van der Waals surface area contributed by atoms with Gasteiger partial charge in [0.05, 0.1) is 11.4 Å². The van der Waals surface area contributed by atoms with Crippen LogP contribution in [0.2, 0.25) is 6.04 Å². The van der Waals surface area contributed by atoms with Gasteiger partial charge in [0, 0.05) is 21.8 Å². The number of benzene rings is 3. The second-order valence-electron chi connectivity index (χ2n) is 9.62. The Hall–Kier alpha value is -3.82. The second-order valence-corrected chi connectivity index (χ2v) is 12.5. The zero-order valence-electron chi connectivity index (χ0n) is 21.3. The van der Waals surface area contributed by atoms with E-state index in [1.54, 1.807) is 0 Å². The highest BCUT2D eigenvalue weighted by molar-refractivity contribution is 6.84. The van der Waals surface area contributed by atoms with Crippen molar-refractivity contribution in [3.05, 3.63) is 133 Å². The number of nitrogens with zero attached hydrogens (tertiary/aromatic N) is 2. The van der Waals surface area contributed by atoms with Crippen LogP contribution >= 0.6 is 0 Å². The van der Waals surface area contributed by atoms with Crippen molar-refractivity contribution in [1.29, 1.82) is 0 Å². The lowest BCUT2D eigenvalue weighted by Gasteiger charge is -2.17. The van der Waals surface area contributed by atoms with Crippen LogP contribution in [0.25, 0.3) is 22.5 Å². The second kappa shape index (κ2) is 12.9. The zero-order valence-corrected chi connectivity index (χ0v) is 22.5. The van der Waals surface area contributed by atoms with Crippen molar-refractivity contribution >= 4 is 19.4 Å². The van der Waals surface area contributed by atoms with Gasteiger partial charge >= 0.3 is 0 Å². The van der Waals surface area contributed by atoms with Crippen LogP contribution in [0.1, 0.15) is 31.2 Å². The van der Waals surface area contributed by atoms with Crippen LogP contribution < -0.4 is 10.6 Å². The molecule has 0 spiro atoms. The summed E-state index contributed by atoms with van der Waals surface area (Å²) in [6, 6.07) is 46.1. The van der Waals surface area contributed by atoms with E-state index in [1.165, 1.54) is 65.5 Å². The highest BCUT2D eigenvalue weighted by Gasteiger charge is 2.20. The monoisotopic (exact) mass is 498 g/mol. The quantitative estimate of drug-likeness (QED) is 0.145. The average Bonchev–Trinajstić information content (AvgIpc) is 2.98. The first kappa shape index (κ1) is 24.9. The molecule has 5 aromatic rings. The van der Waals surface area contributed by atoms with Crippen LogP contribution in [-0.4, -0.2) is 18.8 Å². The molecule has 0 aliphatic carbocycles. The normalized spacial score (nSPS) is 11.1. The summed E-state index contributed by atoms with van der Waals surface area (Å²) in [5.41, 5.74) is 5.89. The maximum atomic E-state index is 5.20. The first-order chi connectivity index (χ1) is 18.4. The van der Waals surface area contributed by atoms with Gasteiger partial charge in [0.25, 0.3) is 0 Å². The van der Waals surface area contributed by atoms with Gasteiger partial charge in [0.15, 0.2) is 0 Å². The van der Waals surface area contributed by atoms with Gasteiger partial charge in [-0.2, -0.15) is 0 Å². The van der Waals surface area contributed by atoms with Crippen LogP contribution in [0.5, 0.6) is 0 Å². The van der Waals surface area contributed by atoms with Crippen LogP contribution in [0.4, 0.5) is 0 Å². The SMILES string of the molecule is c1ccc(CCCCCC[SiH](c2cccc(-c3ccccc3)n2)c2cccc(-c3ccccc3)n2)cc1. The molecule has 0 saturated heterocycles. The van der Waals surface area contributed by atoms with E-state index in [4.69, 9.17) is 9.97 Å². The molecule has 184 valence electrons. The summed E-state index contributed by atoms with van der Waals surface area (Å²) in [7, 11) is -1.59. The van der Waals surface area contributed by atoms with Crippen molar-refractivity contribution in [2.24, 2.45) is 0 Å². The maximum absolute atomic E-state index is 5.20. The molecule has 3 heteroatoms. The molecule has 0 unspecified atom stereocenters. The van der Waals surface area contributed by atoms with Crippen LogP contribution in [-0.2, 0) is 6.42 Å². The summed E-state index contributed by atoms with van der Waals surface area (Å²) in [4.78, 5) is 10.4. The topological polar surface area (TPSA) is 25.8 Å². The van der Waals surface area contributed by atoms with Crippen molar-refractivity contribution in [2.75, 3.05) is 0 Å². The molecule has 2 heterocycles. The first-order valence-electron chi connectivity index (χ1n) is 13.5. The average molecular weight is 499 g/mol. The van der Waals surface area contributed by atoms with Crippen molar-refractivity contribution in [3.8, 4) is 22.5 Å². The molecular formula is C34H34N2Si. The molecule has 5 rings (SSSR count). The summed E-state index contributed by atoms with van der Waals surface area (Å²) in [6.07, 6.45) is 6.17. The molecule has 37 heavy (non-hydrogen) atoms. The van der Waals surface area contributed by atoms with Gasteiger partial charge < -0.3 is 0 Å². The number of pyridine rings is 2. The first-order valence-corrected chi connectivity index (χ1v) is 15.4. The maximum Gasteiger partial charge on any atom is 0.149 e. The number of rotatable bonds is 11. The third-order valence-corrected chi connectivity index (χ3v) is 10.0. The molecule has 0 saturated carbocycles. The lowest BCUT2D eigenvalue weighted by Crippen LogP contribution is -2.45. The minimum atomic E-state index is -1.59. The summed E-state index contributed by atoms with van der Waals surface area (Å²) in [5.74, 6) is 0. The Morgan fingerprint density at radius 3 is 1.46 bits per heavy atom. The fourth-order valence-electron chi connectivity index (χ4n) is 4.95. The summed E-state index contributed by atoms with van der Waals surface area (Å²) < 4.78 is 0. The van der Waals surface area contributed by atoms with E-state index in [0.717, 1.165) is 11.4 Å².